The highest BCUT2D eigenvalue weighted by molar-refractivity contribution is 7.92. The van der Waals surface area contributed by atoms with Crippen LogP contribution in [0.2, 0.25) is 0 Å². The van der Waals surface area contributed by atoms with Gasteiger partial charge in [-0.05, 0) is 36.8 Å². The van der Waals surface area contributed by atoms with E-state index < -0.39 is 22.5 Å². The summed E-state index contributed by atoms with van der Waals surface area (Å²) in [4.78, 5) is 16.8. The van der Waals surface area contributed by atoms with E-state index in [1.165, 1.54) is 20.3 Å². The summed E-state index contributed by atoms with van der Waals surface area (Å²) in [5.41, 5.74) is 2.07. The van der Waals surface area contributed by atoms with Gasteiger partial charge in [0.1, 0.15) is 23.9 Å². The molecule has 0 aliphatic carbocycles. The maximum Gasteiger partial charge on any atom is 0.241 e. The van der Waals surface area contributed by atoms with E-state index in [2.05, 4.69) is 10.3 Å². The van der Waals surface area contributed by atoms with Crippen molar-refractivity contribution in [3.63, 3.8) is 0 Å². The van der Waals surface area contributed by atoms with Gasteiger partial charge in [-0.25, -0.2) is 13.4 Å². The van der Waals surface area contributed by atoms with E-state index in [1.54, 1.807) is 18.3 Å². The Morgan fingerprint density at radius 3 is 2.41 bits per heavy atom. The Morgan fingerprint density at radius 2 is 1.84 bits per heavy atom. The summed E-state index contributed by atoms with van der Waals surface area (Å²) < 4.78 is 38.3. The van der Waals surface area contributed by atoms with Crippen molar-refractivity contribution in [2.45, 2.75) is 13.5 Å². The van der Waals surface area contributed by atoms with Crippen molar-refractivity contribution in [1.82, 2.24) is 14.9 Å². The van der Waals surface area contributed by atoms with Crippen LogP contribution in [0.1, 0.15) is 11.4 Å². The van der Waals surface area contributed by atoms with Crippen LogP contribution in [0.25, 0.3) is 5.69 Å². The largest absolute Gasteiger partial charge is 0.497 e. The molecular weight excluding hydrogens is 432 g/mol. The van der Waals surface area contributed by atoms with Crippen LogP contribution in [-0.2, 0) is 21.4 Å². The minimum atomic E-state index is -3.76. The molecule has 0 saturated heterocycles. The second-order valence-electron chi connectivity index (χ2n) is 7.10. The second-order valence-corrected chi connectivity index (χ2v) is 9.00. The van der Waals surface area contributed by atoms with Gasteiger partial charge in [0.15, 0.2) is 0 Å². The first-order chi connectivity index (χ1) is 15.2. The van der Waals surface area contributed by atoms with E-state index in [-0.39, 0.29) is 12.2 Å². The molecule has 0 saturated carbocycles. The SMILES string of the molecule is COc1ccc(OC)c(N(CC(=O)NCc2ccc(-n3ccnc3C)cc2)S(C)(=O)=O)c1. The topological polar surface area (TPSA) is 103 Å². The van der Waals surface area contributed by atoms with E-state index in [4.69, 9.17) is 9.47 Å². The Hall–Kier alpha value is -3.53. The van der Waals surface area contributed by atoms with Crippen molar-refractivity contribution in [2.24, 2.45) is 0 Å². The summed E-state index contributed by atoms with van der Waals surface area (Å²) in [7, 11) is -0.854. The van der Waals surface area contributed by atoms with Crippen molar-refractivity contribution >= 4 is 21.6 Å². The molecule has 1 N–H and O–H groups in total. The maximum absolute atomic E-state index is 12.6. The van der Waals surface area contributed by atoms with E-state index in [0.29, 0.717) is 11.5 Å². The van der Waals surface area contributed by atoms with Gasteiger partial charge in [-0.15, -0.1) is 0 Å². The second kappa shape index (κ2) is 9.73. The lowest BCUT2D eigenvalue weighted by Crippen LogP contribution is -2.40. The summed E-state index contributed by atoms with van der Waals surface area (Å²) in [5, 5.41) is 2.77. The Kier molecular flexibility index (Phi) is 7.04. The fourth-order valence-corrected chi connectivity index (χ4v) is 4.04. The lowest BCUT2D eigenvalue weighted by Gasteiger charge is -2.24. The molecule has 1 amide bonds. The number of carbonyl (C=O) groups excluding carboxylic acids is 1. The van der Waals surface area contributed by atoms with Crippen LogP contribution in [0.15, 0.2) is 54.9 Å². The van der Waals surface area contributed by atoms with Gasteiger partial charge in [0.2, 0.25) is 15.9 Å². The maximum atomic E-state index is 12.6. The number of nitrogens with one attached hydrogen (secondary N) is 1. The molecule has 3 aromatic rings. The van der Waals surface area contributed by atoms with Crippen LogP contribution in [0, 0.1) is 6.92 Å². The van der Waals surface area contributed by atoms with Gasteiger partial charge in [-0.1, -0.05) is 12.1 Å². The minimum Gasteiger partial charge on any atom is -0.497 e. The highest BCUT2D eigenvalue weighted by Gasteiger charge is 2.24. The first kappa shape index (κ1) is 23.1. The van der Waals surface area contributed by atoms with Crippen molar-refractivity contribution < 1.29 is 22.7 Å². The highest BCUT2D eigenvalue weighted by atomic mass is 32.2. The zero-order chi connectivity index (χ0) is 23.3. The number of hydrogen-bond acceptors (Lipinski definition) is 6. The molecule has 1 heterocycles. The fourth-order valence-electron chi connectivity index (χ4n) is 3.18. The minimum absolute atomic E-state index is 0.226. The number of methoxy groups -OCH3 is 2. The van der Waals surface area contributed by atoms with E-state index in [0.717, 1.165) is 27.6 Å². The first-order valence-electron chi connectivity index (χ1n) is 9.78. The van der Waals surface area contributed by atoms with Crippen molar-refractivity contribution in [1.29, 1.82) is 0 Å². The third-order valence-corrected chi connectivity index (χ3v) is 6.00. The van der Waals surface area contributed by atoms with Crippen LogP contribution in [0.5, 0.6) is 11.5 Å². The van der Waals surface area contributed by atoms with E-state index in [1.807, 2.05) is 42.0 Å². The molecule has 0 aliphatic heterocycles. The van der Waals surface area contributed by atoms with Gasteiger partial charge in [0, 0.05) is 30.7 Å². The molecule has 0 atom stereocenters. The van der Waals surface area contributed by atoms with Crippen LogP contribution in [-0.4, -0.2) is 50.9 Å². The number of rotatable bonds is 9. The van der Waals surface area contributed by atoms with Crippen LogP contribution in [0.4, 0.5) is 5.69 Å². The number of benzene rings is 2. The highest BCUT2D eigenvalue weighted by Crippen LogP contribution is 2.33. The third-order valence-electron chi connectivity index (χ3n) is 4.87. The number of imidazole rings is 1. The van der Waals surface area contributed by atoms with Crippen molar-refractivity contribution in [3.8, 4) is 17.2 Å². The first-order valence-corrected chi connectivity index (χ1v) is 11.6. The molecule has 3 rings (SSSR count). The van der Waals surface area contributed by atoms with E-state index >= 15 is 0 Å². The van der Waals surface area contributed by atoms with Gasteiger partial charge < -0.3 is 19.4 Å². The molecule has 0 fully saturated rings. The quantitative estimate of drug-likeness (QED) is 0.528. The number of amides is 1. The number of aryl methyl sites for hydroxylation is 1. The molecule has 10 heteroatoms. The summed E-state index contributed by atoms with van der Waals surface area (Å²) in [5.74, 6) is 1.19. The number of hydrogen-bond donors (Lipinski definition) is 1. The number of anilines is 1. The van der Waals surface area contributed by atoms with Crippen molar-refractivity contribution in [2.75, 3.05) is 31.3 Å². The molecule has 0 aliphatic rings. The standard InChI is InChI=1S/C22H26N4O5S/c1-16-23-11-12-25(16)18-7-5-17(6-8-18)14-24-22(27)15-26(32(4,28)29)20-13-19(30-2)9-10-21(20)31-3/h5-13H,14-15H2,1-4H3,(H,24,27). The molecule has 0 spiro atoms. The number of sulfonamides is 1. The zero-order valence-corrected chi connectivity index (χ0v) is 19.2. The summed E-state index contributed by atoms with van der Waals surface area (Å²) >= 11 is 0. The van der Waals surface area contributed by atoms with Gasteiger partial charge in [0.25, 0.3) is 0 Å². The van der Waals surface area contributed by atoms with Crippen LogP contribution in [0.3, 0.4) is 0 Å². The molecule has 2 aromatic carbocycles. The Labute approximate surface area is 187 Å². The number of aromatic nitrogens is 2. The molecule has 0 bridgehead atoms. The predicted octanol–water partition coefficient (Wildman–Crippen LogP) is 2.28. The lowest BCUT2D eigenvalue weighted by atomic mass is 10.2. The Bertz CT molecular complexity index is 1190. The zero-order valence-electron chi connectivity index (χ0n) is 18.4. The number of ether oxygens (including phenoxy) is 2. The summed E-state index contributed by atoms with van der Waals surface area (Å²) in [6, 6.07) is 12.4. The predicted molar refractivity (Wildman–Crippen MR) is 122 cm³/mol. The molecule has 9 nitrogen and oxygen atoms in total. The Morgan fingerprint density at radius 1 is 1.12 bits per heavy atom. The normalized spacial score (nSPS) is 11.1. The molecule has 0 unspecified atom stereocenters. The van der Waals surface area contributed by atoms with Gasteiger partial charge in [-0.3, -0.25) is 9.10 Å². The van der Waals surface area contributed by atoms with Crippen LogP contribution >= 0.6 is 0 Å². The molecule has 170 valence electrons. The van der Waals surface area contributed by atoms with Gasteiger partial charge >= 0.3 is 0 Å². The smallest absolute Gasteiger partial charge is 0.241 e. The average Bonchev–Trinajstić information content (AvgIpc) is 3.21. The Balaban J connectivity index is 1.71. The molecule has 32 heavy (non-hydrogen) atoms. The number of nitrogens with zero attached hydrogens (tertiary/aromatic N) is 3. The third kappa shape index (κ3) is 5.38. The van der Waals surface area contributed by atoms with E-state index in [9.17, 15) is 13.2 Å². The van der Waals surface area contributed by atoms with Crippen LogP contribution < -0.4 is 19.1 Å². The average molecular weight is 459 g/mol. The summed E-state index contributed by atoms with van der Waals surface area (Å²) in [6.45, 7) is 1.78. The van der Waals surface area contributed by atoms with Crippen molar-refractivity contribution in [3.05, 3.63) is 66.2 Å². The molecule has 0 radical (unpaired) electrons. The monoisotopic (exact) mass is 458 g/mol. The summed E-state index contributed by atoms with van der Waals surface area (Å²) in [6.07, 6.45) is 4.64. The fraction of sp³-hybridized carbons (Fsp3) is 0.273. The number of carbonyl (C=O) groups is 1. The van der Waals surface area contributed by atoms with Gasteiger partial charge in [-0.2, -0.15) is 0 Å². The molecular formula is C22H26N4O5S. The molecule has 1 aromatic heterocycles. The van der Waals surface area contributed by atoms with Gasteiger partial charge in [0.05, 0.1) is 26.2 Å². The lowest BCUT2D eigenvalue weighted by molar-refractivity contribution is -0.119.